The second kappa shape index (κ2) is 3.97. The predicted molar refractivity (Wildman–Crippen MR) is 60.3 cm³/mol. The van der Waals surface area contributed by atoms with Crippen molar-refractivity contribution < 1.29 is 13.9 Å². The van der Waals surface area contributed by atoms with E-state index < -0.39 is 0 Å². The third-order valence-corrected chi connectivity index (χ3v) is 2.64. The molecule has 0 aliphatic carbocycles. The van der Waals surface area contributed by atoms with Crippen LogP contribution in [0.25, 0.3) is 0 Å². The molecule has 0 radical (unpaired) electrons. The Hall–Kier alpha value is -2.23. The van der Waals surface area contributed by atoms with Crippen molar-refractivity contribution in [3.8, 4) is 11.5 Å². The van der Waals surface area contributed by atoms with Crippen LogP contribution in [-0.2, 0) is 6.42 Å². The van der Waals surface area contributed by atoms with Gasteiger partial charge >= 0.3 is 5.63 Å². The summed E-state index contributed by atoms with van der Waals surface area (Å²) in [5, 5.41) is 0. The maximum absolute atomic E-state index is 11.4. The Balaban J connectivity index is 1.91. The predicted octanol–water partition coefficient (Wildman–Crippen LogP) is 1.96. The van der Waals surface area contributed by atoms with E-state index in [4.69, 9.17) is 13.9 Å². The Kier molecular flexibility index (Phi) is 2.33. The number of benzene rings is 1. The van der Waals surface area contributed by atoms with Crippen LogP contribution in [-0.4, -0.2) is 6.79 Å². The van der Waals surface area contributed by atoms with E-state index in [2.05, 4.69) is 0 Å². The van der Waals surface area contributed by atoms with E-state index in [1.807, 2.05) is 18.2 Å². The van der Waals surface area contributed by atoms with Gasteiger partial charge in [-0.15, -0.1) is 0 Å². The first kappa shape index (κ1) is 9.96. The zero-order chi connectivity index (χ0) is 11.7. The Bertz CT molecular complexity index is 600. The molecule has 3 rings (SSSR count). The lowest BCUT2D eigenvalue weighted by atomic mass is 10.1. The Labute approximate surface area is 97.4 Å². The van der Waals surface area contributed by atoms with Crippen molar-refractivity contribution >= 4 is 0 Å². The molecule has 1 aromatic carbocycles. The van der Waals surface area contributed by atoms with E-state index in [1.165, 1.54) is 6.26 Å². The summed E-state index contributed by atoms with van der Waals surface area (Å²) in [6.45, 7) is 0.256. The first-order chi connectivity index (χ1) is 8.33. The summed E-state index contributed by atoms with van der Waals surface area (Å²) >= 11 is 0. The van der Waals surface area contributed by atoms with Gasteiger partial charge in [0.2, 0.25) is 6.79 Å². The van der Waals surface area contributed by atoms with Gasteiger partial charge in [0.15, 0.2) is 11.5 Å². The first-order valence-electron chi connectivity index (χ1n) is 5.28. The molecule has 1 aromatic heterocycles. The SMILES string of the molecule is O=c1occcc1Cc1ccc2c(c1)OCO2. The van der Waals surface area contributed by atoms with Crippen LogP contribution in [0.15, 0.2) is 45.8 Å². The Morgan fingerprint density at radius 3 is 2.88 bits per heavy atom. The van der Waals surface area contributed by atoms with Gasteiger partial charge in [0, 0.05) is 12.0 Å². The molecule has 4 heteroatoms. The molecule has 0 atom stereocenters. The van der Waals surface area contributed by atoms with Crippen LogP contribution in [0.2, 0.25) is 0 Å². The topological polar surface area (TPSA) is 48.7 Å². The van der Waals surface area contributed by atoms with Crippen molar-refractivity contribution in [1.29, 1.82) is 0 Å². The van der Waals surface area contributed by atoms with Gasteiger partial charge in [-0.25, -0.2) is 4.79 Å². The minimum Gasteiger partial charge on any atom is -0.454 e. The fourth-order valence-corrected chi connectivity index (χ4v) is 1.80. The molecule has 0 saturated heterocycles. The smallest absolute Gasteiger partial charge is 0.339 e. The highest BCUT2D eigenvalue weighted by Crippen LogP contribution is 2.32. The van der Waals surface area contributed by atoms with Crippen LogP contribution in [0.5, 0.6) is 11.5 Å². The molecule has 17 heavy (non-hydrogen) atoms. The third-order valence-electron chi connectivity index (χ3n) is 2.64. The van der Waals surface area contributed by atoms with Gasteiger partial charge in [-0.3, -0.25) is 0 Å². The largest absolute Gasteiger partial charge is 0.454 e. The fraction of sp³-hybridized carbons (Fsp3) is 0.154. The minimum atomic E-state index is -0.301. The van der Waals surface area contributed by atoms with Gasteiger partial charge in [-0.2, -0.15) is 0 Å². The average Bonchev–Trinajstić information content (AvgIpc) is 2.79. The molecule has 0 bridgehead atoms. The molecule has 4 nitrogen and oxygen atoms in total. The summed E-state index contributed by atoms with van der Waals surface area (Å²) in [4.78, 5) is 11.4. The lowest BCUT2D eigenvalue weighted by Gasteiger charge is -2.02. The van der Waals surface area contributed by atoms with Crippen LogP contribution in [0.3, 0.4) is 0 Å². The van der Waals surface area contributed by atoms with Gasteiger partial charge in [-0.1, -0.05) is 6.07 Å². The maximum Gasteiger partial charge on any atom is 0.339 e. The molecule has 1 aliphatic heterocycles. The van der Waals surface area contributed by atoms with Crippen molar-refractivity contribution in [1.82, 2.24) is 0 Å². The van der Waals surface area contributed by atoms with Gasteiger partial charge < -0.3 is 13.9 Å². The quantitative estimate of drug-likeness (QED) is 0.791. The van der Waals surface area contributed by atoms with Crippen LogP contribution >= 0.6 is 0 Å². The average molecular weight is 230 g/mol. The molecule has 2 aromatic rings. The lowest BCUT2D eigenvalue weighted by Crippen LogP contribution is -2.06. The van der Waals surface area contributed by atoms with E-state index in [9.17, 15) is 4.79 Å². The number of rotatable bonds is 2. The van der Waals surface area contributed by atoms with E-state index >= 15 is 0 Å². The summed E-state index contributed by atoms with van der Waals surface area (Å²) in [5.74, 6) is 1.47. The molecule has 2 heterocycles. The monoisotopic (exact) mass is 230 g/mol. The highest BCUT2D eigenvalue weighted by molar-refractivity contribution is 5.45. The molecule has 0 saturated carbocycles. The number of fused-ring (bicyclic) bond motifs is 1. The number of ether oxygens (including phenoxy) is 2. The van der Waals surface area contributed by atoms with E-state index in [-0.39, 0.29) is 12.4 Å². The highest BCUT2D eigenvalue weighted by Gasteiger charge is 2.13. The van der Waals surface area contributed by atoms with Gasteiger partial charge in [-0.05, 0) is 29.8 Å². The fourth-order valence-electron chi connectivity index (χ4n) is 1.80. The normalized spacial score (nSPS) is 12.7. The lowest BCUT2D eigenvalue weighted by molar-refractivity contribution is 0.174. The molecule has 0 N–H and O–H groups in total. The Morgan fingerprint density at radius 1 is 1.12 bits per heavy atom. The van der Waals surface area contributed by atoms with E-state index in [0.717, 1.165) is 17.1 Å². The van der Waals surface area contributed by atoms with Gasteiger partial charge in [0.1, 0.15) is 0 Å². The zero-order valence-corrected chi connectivity index (χ0v) is 9.01. The van der Waals surface area contributed by atoms with Crippen molar-refractivity contribution in [2.24, 2.45) is 0 Å². The van der Waals surface area contributed by atoms with Crippen molar-refractivity contribution in [3.05, 3.63) is 58.1 Å². The highest BCUT2D eigenvalue weighted by atomic mass is 16.7. The molecule has 0 amide bonds. The zero-order valence-electron chi connectivity index (χ0n) is 9.01. The molecule has 86 valence electrons. The number of hydrogen-bond acceptors (Lipinski definition) is 4. The Morgan fingerprint density at radius 2 is 2.00 bits per heavy atom. The summed E-state index contributed by atoms with van der Waals surface area (Å²) in [6, 6.07) is 9.12. The summed E-state index contributed by atoms with van der Waals surface area (Å²) in [6.07, 6.45) is 1.91. The standard InChI is InChI=1S/C13H10O4/c14-13-10(2-1-5-15-13)6-9-3-4-11-12(7-9)17-8-16-11/h1-5,7H,6,8H2. The first-order valence-corrected chi connectivity index (χ1v) is 5.28. The third kappa shape index (κ3) is 1.89. The molecular weight excluding hydrogens is 220 g/mol. The minimum absolute atomic E-state index is 0.256. The second-order valence-corrected chi connectivity index (χ2v) is 3.79. The van der Waals surface area contributed by atoms with Crippen molar-refractivity contribution in [2.45, 2.75) is 6.42 Å². The molecule has 0 spiro atoms. The van der Waals surface area contributed by atoms with Crippen LogP contribution in [0.4, 0.5) is 0 Å². The van der Waals surface area contributed by atoms with Crippen molar-refractivity contribution in [2.75, 3.05) is 6.79 Å². The van der Waals surface area contributed by atoms with E-state index in [0.29, 0.717) is 12.0 Å². The molecule has 1 aliphatic rings. The van der Waals surface area contributed by atoms with Crippen LogP contribution in [0.1, 0.15) is 11.1 Å². The summed E-state index contributed by atoms with van der Waals surface area (Å²) in [5.41, 5.74) is 1.32. The maximum atomic E-state index is 11.4. The second-order valence-electron chi connectivity index (χ2n) is 3.79. The molecule has 0 fully saturated rings. The van der Waals surface area contributed by atoms with E-state index in [1.54, 1.807) is 12.1 Å². The number of hydrogen-bond donors (Lipinski definition) is 0. The van der Waals surface area contributed by atoms with Gasteiger partial charge in [0.25, 0.3) is 0 Å². The molecule has 0 unspecified atom stereocenters. The summed E-state index contributed by atoms with van der Waals surface area (Å²) in [7, 11) is 0. The van der Waals surface area contributed by atoms with Gasteiger partial charge in [0.05, 0.1) is 6.26 Å². The van der Waals surface area contributed by atoms with Crippen LogP contribution in [0, 0.1) is 0 Å². The molecular formula is C13H10O4. The summed E-state index contributed by atoms with van der Waals surface area (Å²) < 4.78 is 15.3. The van der Waals surface area contributed by atoms with Crippen molar-refractivity contribution in [3.63, 3.8) is 0 Å². The van der Waals surface area contributed by atoms with Crippen LogP contribution < -0.4 is 15.1 Å².